The number of aliphatic imine (C=N–C) groups is 1. The van der Waals surface area contributed by atoms with Crippen molar-refractivity contribution in [1.29, 1.82) is 0 Å². The van der Waals surface area contributed by atoms with Crippen molar-refractivity contribution in [2.24, 2.45) is 4.99 Å². The Labute approximate surface area is 275 Å². The van der Waals surface area contributed by atoms with Crippen molar-refractivity contribution in [1.82, 2.24) is 20.9 Å². The second-order valence-corrected chi connectivity index (χ2v) is 11.7. The quantitative estimate of drug-likeness (QED) is 0.116. The molecule has 0 radical (unpaired) electrons. The van der Waals surface area contributed by atoms with E-state index in [1.165, 1.54) is 55.3 Å². The molecule has 45 heavy (non-hydrogen) atoms. The van der Waals surface area contributed by atoms with Gasteiger partial charge in [0.2, 0.25) is 5.88 Å². The molecule has 2 aliphatic heterocycles. The second-order valence-electron chi connectivity index (χ2n) is 10.8. The third-order valence-electron chi connectivity index (χ3n) is 6.79. The Bertz CT molecular complexity index is 1210. The highest BCUT2D eigenvalue weighted by Gasteiger charge is 2.16. The van der Waals surface area contributed by atoms with Crippen molar-refractivity contribution in [3.05, 3.63) is 93.7 Å². The first kappa shape index (κ1) is 39.5. The van der Waals surface area contributed by atoms with E-state index in [1.54, 1.807) is 7.05 Å². The number of cyclic esters (lactones) is 1. The number of esters is 1. The zero-order chi connectivity index (χ0) is 33.3. The van der Waals surface area contributed by atoms with Crippen molar-refractivity contribution in [2.75, 3.05) is 46.8 Å². The molecule has 0 aliphatic carbocycles. The smallest absolute Gasteiger partial charge is 0.342 e. The highest BCUT2D eigenvalue weighted by Crippen LogP contribution is 2.10. The molecule has 0 aromatic carbocycles. The van der Waals surface area contributed by atoms with Crippen LogP contribution >= 0.6 is 11.3 Å². The van der Waals surface area contributed by atoms with E-state index in [9.17, 15) is 9.59 Å². The molecule has 1 amide bonds. The van der Waals surface area contributed by atoms with E-state index in [0.29, 0.717) is 5.88 Å². The summed E-state index contributed by atoms with van der Waals surface area (Å²) in [5, 5.41) is 11.0. The molecule has 3 N–H and O–H groups in total. The van der Waals surface area contributed by atoms with Gasteiger partial charge in [-0.15, -0.1) is 11.3 Å². The van der Waals surface area contributed by atoms with Crippen LogP contribution in [-0.4, -0.2) is 69.3 Å². The number of nitrogens with one attached hydrogen (secondary N) is 3. The molecule has 0 bridgehead atoms. The zero-order valence-corrected chi connectivity index (χ0v) is 29.3. The van der Waals surface area contributed by atoms with Gasteiger partial charge in [0, 0.05) is 31.5 Å². The van der Waals surface area contributed by atoms with Crippen molar-refractivity contribution in [3.63, 3.8) is 0 Å². The van der Waals surface area contributed by atoms with E-state index in [4.69, 9.17) is 4.74 Å². The van der Waals surface area contributed by atoms with E-state index in [2.05, 4.69) is 44.9 Å². The van der Waals surface area contributed by atoms with Gasteiger partial charge in [-0.25, -0.2) is 4.79 Å². The number of rotatable bonds is 14. The van der Waals surface area contributed by atoms with Crippen molar-refractivity contribution < 1.29 is 14.3 Å². The third kappa shape index (κ3) is 19.5. The average molecular weight is 638 g/mol. The summed E-state index contributed by atoms with van der Waals surface area (Å²) in [5.41, 5.74) is 4.52. The molecule has 0 unspecified atom stereocenters. The molecule has 2 aliphatic rings. The van der Waals surface area contributed by atoms with Gasteiger partial charge in [0.05, 0.1) is 11.0 Å². The molecule has 9 heteroatoms. The number of carbonyl (C=O) groups is 2. The molecule has 3 heterocycles. The summed E-state index contributed by atoms with van der Waals surface area (Å²) in [4.78, 5) is 29.3. The number of hydrogen-bond acceptors (Lipinski definition) is 8. The van der Waals surface area contributed by atoms with E-state index in [0.717, 1.165) is 54.3 Å². The van der Waals surface area contributed by atoms with Crippen LogP contribution in [0.3, 0.4) is 0 Å². The molecule has 1 aromatic rings. The first-order chi connectivity index (χ1) is 21.7. The number of thiophene rings is 1. The van der Waals surface area contributed by atoms with E-state index >= 15 is 0 Å². The predicted molar refractivity (Wildman–Crippen MR) is 192 cm³/mol. The summed E-state index contributed by atoms with van der Waals surface area (Å²) in [6, 6.07) is 3.69. The number of allylic oxidation sites excluding steroid dienone is 8. The lowest BCUT2D eigenvalue weighted by Crippen LogP contribution is -2.37. The standard InChI is InChI=1S/C14H24N2.C12H15NOS.C10H16N2O2/c1-5-14(11-12-15-3)10-8-6-7-9-13(2)16-4;1-4-10(8-9(2)3)13-12(14)11-6-5-7-15-11;13-10-8-9(14-10)11-4-7-12-5-2-1-3-6-12/h6-10,15H,5,11-12H2,1-4H3;4-8H,1-3H3,(H,13,14);8,11H,1-7H2/b8-6-,9-7-,14-10-,16-13?;10-4+;. The average Bonchev–Trinajstić information content (AvgIpc) is 3.57. The lowest BCUT2D eigenvalue weighted by molar-refractivity contribution is -0.139. The van der Waals surface area contributed by atoms with Crippen LogP contribution in [0.5, 0.6) is 0 Å². The number of likely N-dealkylation sites (tertiary alicyclic amines) is 1. The molecule has 1 fully saturated rings. The first-order valence-corrected chi connectivity index (χ1v) is 16.8. The highest BCUT2D eigenvalue weighted by atomic mass is 32.1. The summed E-state index contributed by atoms with van der Waals surface area (Å²) < 4.78 is 4.72. The number of hydrogen-bond donors (Lipinski definition) is 3. The topological polar surface area (TPSA) is 95.1 Å². The molecular formula is C36H55N5O3S. The summed E-state index contributed by atoms with van der Waals surface area (Å²) in [7, 11) is 3.79. The molecule has 1 saturated heterocycles. The maximum absolute atomic E-state index is 11.7. The number of ether oxygens (including phenoxy) is 1. The normalized spacial score (nSPS) is 15.7. The third-order valence-corrected chi connectivity index (χ3v) is 7.66. The Balaban J connectivity index is 0.000000338. The summed E-state index contributed by atoms with van der Waals surface area (Å²) in [6.45, 7) is 15.5. The minimum atomic E-state index is -0.245. The van der Waals surface area contributed by atoms with E-state index in [-0.39, 0.29) is 11.9 Å². The lowest BCUT2D eigenvalue weighted by atomic mass is 10.1. The Morgan fingerprint density at radius 1 is 1.11 bits per heavy atom. The predicted octanol–water partition coefficient (Wildman–Crippen LogP) is 6.94. The van der Waals surface area contributed by atoms with E-state index in [1.807, 2.05) is 82.6 Å². The van der Waals surface area contributed by atoms with Gasteiger partial charge in [0.1, 0.15) is 0 Å². The molecule has 3 rings (SSSR count). The van der Waals surface area contributed by atoms with Crippen molar-refractivity contribution >= 4 is 28.9 Å². The number of nitrogens with zero attached hydrogens (tertiary/aromatic N) is 2. The maximum Gasteiger partial charge on any atom is 0.342 e. The zero-order valence-electron chi connectivity index (χ0n) is 28.4. The number of carbonyl (C=O) groups excluding carboxylic acids is 2. The second kappa shape index (κ2) is 24.8. The SMILES string of the molecule is C/C=C(\C=C(C)C)NC(=O)c1cccs1.CC/C(=C/C=C\C=C/C(C)=NC)CCNC.O=C1C=C(NCCN2CCCCC2)O1. The van der Waals surface area contributed by atoms with Crippen LogP contribution in [0.15, 0.2) is 93.8 Å². The summed E-state index contributed by atoms with van der Waals surface area (Å²) >= 11 is 1.44. The number of amides is 1. The Morgan fingerprint density at radius 3 is 2.40 bits per heavy atom. The molecule has 0 atom stereocenters. The van der Waals surface area contributed by atoms with Crippen LogP contribution in [0.25, 0.3) is 0 Å². The van der Waals surface area contributed by atoms with E-state index < -0.39 is 0 Å². The van der Waals surface area contributed by atoms with Gasteiger partial charge in [-0.2, -0.15) is 0 Å². The van der Waals surface area contributed by atoms with Gasteiger partial charge in [-0.1, -0.05) is 60.9 Å². The van der Waals surface area contributed by atoms with Crippen LogP contribution in [0.4, 0.5) is 0 Å². The fourth-order valence-corrected chi connectivity index (χ4v) is 4.73. The fraction of sp³-hybridized carbons (Fsp3) is 0.472. The Morgan fingerprint density at radius 2 is 1.84 bits per heavy atom. The maximum atomic E-state index is 11.7. The molecule has 8 nitrogen and oxygen atoms in total. The first-order valence-electron chi connectivity index (χ1n) is 15.9. The Hall–Kier alpha value is -3.53. The minimum Gasteiger partial charge on any atom is -0.406 e. The molecule has 0 saturated carbocycles. The summed E-state index contributed by atoms with van der Waals surface area (Å²) in [5.74, 6) is 0.327. The monoisotopic (exact) mass is 637 g/mol. The minimum absolute atomic E-state index is 0.0457. The fourth-order valence-electron chi connectivity index (χ4n) is 4.12. The molecular weight excluding hydrogens is 582 g/mol. The van der Waals surface area contributed by atoms with Crippen LogP contribution < -0.4 is 16.0 Å². The van der Waals surface area contributed by atoms with Crippen LogP contribution in [0.2, 0.25) is 0 Å². The largest absolute Gasteiger partial charge is 0.406 e. The van der Waals surface area contributed by atoms with Crippen LogP contribution in [0.1, 0.15) is 76.4 Å². The van der Waals surface area contributed by atoms with Gasteiger partial charge >= 0.3 is 5.97 Å². The molecule has 248 valence electrons. The van der Waals surface area contributed by atoms with Crippen molar-refractivity contribution in [3.8, 4) is 0 Å². The summed E-state index contributed by atoms with van der Waals surface area (Å²) in [6.07, 6.45) is 21.9. The number of piperidine rings is 1. The highest BCUT2D eigenvalue weighted by molar-refractivity contribution is 7.12. The van der Waals surface area contributed by atoms with Gasteiger partial charge < -0.3 is 25.6 Å². The van der Waals surface area contributed by atoms with Crippen LogP contribution in [-0.2, 0) is 9.53 Å². The Kier molecular flexibility index (Phi) is 21.7. The van der Waals surface area contributed by atoms with Crippen LogP contribution in [0, 0.1) is 0 Å². The molecule has 0 spiro atoms. The van der Waals surface area contributed by atoms with Gasteiger partial charge in [0.25, 0.3) is 5.91 Å². The van der Waals surface area contributed by atoms with Gasteiger partial charge in [-0.05, 0) is 104 Å². The lowest BCUT2D eigenvalue weighted by Gasteiger charge is -2.27. The van der Waals surface area contributed by atoms with Gasteiger partial charge in [-0.3, -0.25) is 9.79 Å². The van der Waals surface area contributed by atoms with Crippen molar-refractivity contribution in [2.45, 2.75) is 66.7 Å². The molecule has 1 aromatic heterocycles. The van der Waals surface area contributed by atoms with Gasteiger partial charge in [0.15, 0.2) is 0 Å².